The van der Waals surface area contributed by atoms with E-state index in [2.05, 4.69) is 33.2 Å². The third-order valence-corrected chi connectivity index (χ3v) is 4.38. The van der Waals surface area contributed by atoms with Crippen LogP contribution in [0.3, 0.4) is 0 Å². The highest BCUT2D eigenvalue weighted by molar-refractivity contribution is 9.10. The number of ether oxygens (including phenoxy) is 1. The van der Waals surface area contributed by atoms with Gasteiger partial charge in [-0.3, -0.25) is 4.40 Å². The van der Waals surface area contributed by atoms with Gasteiger partial charge in [0, 0.05) is 25.2 Å². The lowest BCUT2D eigenvalue weighted by Crippen LogP contribution is -2.35. The summed E-state index contributed by atoms with van der Waals surface area (Å²) in [7, 11) is 0. The van der Waals surface area contributed by atoms with Crippen molar-refractivity contribution in [1.29, 1.82) is 0 Å². The lowest BCUT2D eigenvalue weighted by Gasteiger charge is -2.24. The molecule has 5 nitrogen and oxygen atoms in total. The van der Waals surface area contributed by atoms with Crippen molar-refractivity contribution in [2.75, 3.05) is 13.1 Å². The van der Waals surface area contributed by atoms with Gasteiger partial charge in [-0.2, -0.15) is 0 Å². The molecule has 1 saturated heterocycles. The number of hydrogen-bond donors (Lipinski definition) is 0. The normalized spacial score (nSPS) is 18.9. The van der Waals surface area contributed by atoms with E-state index in [0.717, 1.165) is 23.2 Å². The third kappa shape index (κ3) is 3.11. The van der Waals surface area contributed by atoms with E-state index in [1.165, 1.54) is 5.56 Å². The van der Waals surface area contributed by atoms with E-state index in [-0.39, 0.29) is 6.09 Å². The number of amides is 1. The second-order valence-electron chi connectivity index (χ2n) is 6.68. The summed E-state index contributed by atoms with van der Waals surface area (Å²) in [6.45, 7) is 7.12. The minimum absolute atomic E-state index is 0.222. The fourth-order valence-corrected chi connectivity index (χ4v) is 3.12. The second kappa shape index (κ2) is 5.57. The molecule has 0 radical (unpaired) electrons. The maximum absolute atomic E-state index is 12.1. The number of halogens is 1. The molecule has 2 aromatic rings. The average molecular weight is 366 g/mol. The molecule has 0 saturated carbocycles. The first-order valence-electron chi connectivity index (χ1n) is 7.44. The van der Waals surface area contributed by atoms with Gasteiger partial charge in [-0.05, 0) is 54.8 Å². The lowest BCUT2D eigenvalue weighted by molar-refractivity contribution is 0.0292. The van der Waals surface area contributed by atoms with Crippen LogP contribution in [0.25, 0.3) is 5.65 Å². The standard InChI is InChI=1S/C16H20BrN3O2/c1-16(2,3)22-15(21)19-7-6-12(9-19)11-4-5-14-18-8-13(17)20(14)10-11/h4-5,8,10,12H,6-7,9H2,1-3H3. The van der Waals surface area contributed by atoms with Crippen molar-refractivity contribution in [3.63, 3.8) is 0 Å². The summed E-state index contributed by atoms with van der Waals surface area (Å²) in [4.78, 5) is 18.2. The van der Waals surface area contributed by atoms with Gasteiger partial charge in [-0.1, -0.05) is 6.07 Å². The number of carbonyl (C=O) groups excluding carboxylic acids is 1. The SMILES string of the molecule is CC(C)(C)OC(=O)N1CCC(c2ccc3ncc(Br)n3c2)C1. The summed E-state index contributed by atoms with van der Waals surface area (Å²) in [5.74, 6) is 0.339. The quantitative estimate of drug-likeness (QED) is 0.771. The highest BCUT2D eigenvalue weighted by atomic mass is 79.9. The molecule has 22 heavy (non-hydrogen) atoms. The summed E-state index contributed by atoms with van der Waals surface area (Å²) in [5, 5.41) is 0. The van der Waals surface area contributed by atoms with Crippen LogP contribution in [0.1, 0.15) is 38.7 Å². The van der Waals surface area contributed by atoms with Gasteiger partial charge in [0.1, 0.15) is 15.9 Å². The van der Waals surface area contributed by atoms with Gasteiger partial charge < -0.3 is 9.64 Å². The molecule has 2 aromatic heterocycles. The Labute approximate surface area is 138 Å². The summed E-state index contributed by atoms with van der Waals surface area (Å²) in [5.41, 5.74) is 1.69. The van der Waals surface area contributed by atoms with Crippen molar-refractivity contribution in [2.24, 2.45) is 0 Å². The van der Waals surface area contributed by atoms with Crippen LogP contribution in [0.4, 0.5) is 4.79 Å². The van der Waals surface area contributed by atoms with Crippen LogP contribution < -0.4 is 0 Å². The molecule has 1 aliphatic heterocycles. The Morgan fingerprint density at radius 1 is 1.41 bits per heavy atom. The number of hydrogen-bond acceptors (Lipinski definition) is 3. The summed E-state index contributed by atoms with van der Waals surface area (Å²) < 4.78 is 8.40. The summed E-state index contributed by atoms with van der Waals surface area (Å²) in [6, 6.07) is 4.11. The largest absolute Gasteiger partial charge is 0.444 e. The maximum Gasteiger partial charge on any atom is 0.410 e. The molecule has 0 bridgehead atoms. The predicted octanol–water partition coefficient (Wildman–Crippen LogP) is 3.82. The first kappa shape index (κ1) is 15.3. The van der Waals surface area contributed by atoms with E-state index in [1.54, 1.807) is 11.1 Å². The molecule has 1 unspecified atom stereocenters. The van der Waals surface area contributed by atoms with Crippen LogP contribution >= 0.6 is 15.9 Å². The number of nitrogens with zero attached hydrogens (tertiary/aromatic N) is 3. The topological polar surface area (TPSA) is 46.8 Å². The van der Waals surface area contributed by atoms with Gasteiger partial charge in [-0.25, -0.2) is 9.78 Å². The zero-order chi connectivity index (χ0) is 15.9. The molecule has 118 valence electrons. The molecule has 3 heterocycles. The van der Waals surface area contributed by atoms with Crippen LogP contribution in [0.5, 0.6) is 0 Å². The molecule has 0 spiro atoms. The fourth-order valence-electron chi connectivity index (χ4n) is 2.73. The molecule has 1 amide bonds. The number of rotatable bonds is 1. The van der Waals surface area contributed by atoms with Gasteiger partial charge in [0.25, 0.3) is 0 Å². The molecule has 3 rings (SSSR count). The summed E-state index contributed by atoms with van der Waals surface area (Å²) >= 11 is 3.49. The van der Waals surface area contributed by atoms with Crippen molar-refractivity contribution >= 4 is 27.7 Å². The molecule has 1 atom stereocenters. The fraction of sp³-hybridized carbons (Fsp3) is 0.500. The number of aromatic nitrogens is 2. The monoisotopic (exact) mass is 365 g/mol. The minimum Gasteiger partial charge on any atom is -0.444 e. The Hall–Kier alpha value is -1.56. The van der Waals surface area contributed by atoms with Crippen LogP contribution in [-0.2, 0) is 4.74 Å². The van der Waals surface area contributed by atoms with Gasteiger partial charge in [0.15, 0.2) is 0 Å². The number of imidazole rings is 1. The Morgan fingerprint density at radius 2 is 2.18 bits per heavy atom. The Morgan fingerprint density at radius 3 is 2.91 bits per heavy atom. The van der Waals surface area contributed by atoms with Crippen molar-refractivity contribution in [1.82, 2.24) is 14.3 Å². The molecular formula is C16H20BrN3O2. The molecule has 6 heteroatoms. The third-order valence-electron chi connectivity index (χ3n) is 3.79. The van der Waals surface area contributed by atoms with E-state index in [0.29, 0.717) is 12.5 Å². The Balaban J connectivity index is 1.73. The maximum atomic E-state index is 12.1. The van der Waals surface area contributed by atoms with Crippen LogP contribution in [-0.4, -0.2) is 39.1 Å². The van der Waals surface area contributed by atoms with Crippen LogP contribution in [0, 0.1) is 0 Å². The van der Waals surface area contributed by atoms with Gasteiger partial charge in [0.2, 0.25) is 0 Å². The van der Waals surface area contributed by atoms with Crippen LogP contribution in [0.2, 0.25) is 0 Å². The Bertz CT molecular complexity index is 705. The first-order chi connectivity index (χ1) is 10.3. The van der Waals surface area contributed by atoms with Crippen molar-refractivity contribution in [3.8, 4) is 0 Å². The van der Waals surface area contributed by atoms with Gasteiger partial charge in [0.05, 0.1) is 6.20 Å². The second-order valence-corrected chi connectivity index (χ2v) is 7.50. The average Bonchev–Trinajstić information content (AvgIpc) is 3.04. The van der Waals surface area contributed by atoms with Crippen molar-refractivity contribution in [3.05, 3.63) is 34.7 Å². The smallest absolute Gasteiger partial charge is 0.410 e. The van der Waals surface area contributed by atoms with E-state index in [9.17, 15) is 4.79 Å². The van der Waals surface area contributed by atoms with E-state index in [1.807, 2.05) is 31.2 Å². The molecule has 0 aromatic carbocycles. The van der Waals surface area contributed by atoms with E-state index in [4.69, 9.17) is 4.74 Å². The van der Waals surface area contributed by atoms with E-state index < -0.39 is 5.60 Å². The zero-order valence-corrected chi connectivity index (χ0v) is 14.6. The van der Waals surface area contributed by atoms with E-state index >= 15 is 0 Å². The molecule has 0 aliphatic carbocycles. The number of carbonyl (C=O) groups is 1. The number of fused-ring (bicyclic) bond motifs is 1. The number of likely N-dealkylation sites (tertiary alicyclic amines) is 1. The van der Waals surface area contributed by atoms with Gasteiger partial charge >= 0.3 is 6.09 Å². The zero-order valence-electron chi connectivity index (χ0n) is 13.0. The minimum atomic E-state index is -0.449. The highest BCUT2D eigenvalue weighted by Gasteiger charge is 2.30. The lowest BCUT2D eigenvalue weighted by atomic mass is 10.0. The number of pyridine rings is 1. The molecular weight excluding hydrogens is 346 g/mol. The molecule has 1 fully saturated rings. The molecule has 1 aliphatic rings. The van der Waals surface area contributed by atoms with Crippen LogP contribution in [0.15, 0.2) is 29.1 Å². The van der Waals surface area contributed by atoms with Gasteiger partial charge in [-0.15, -0.1) is 0 Å². The highest BCUT2D eigenvalue weighted by Crippen LogP contribution is 2.29. The molecule has 0 N–H and O–H groups in total. The van der Waals surface area contributed by atoms with Crippen molar-refractivity contribution in [2.45, 2.75) is 38.7 Å². The Kier molecular flexibility index (Phi) is 3.89. The summed E-state index contributed by atoms with van der Waals surface area (Å²) in [6.07, 6.45) is 4.62. The first-order valence-corrected chi connectivity index (χ1v) is 8.23. The predicted molar refractivity (Wildman–Crippen MR) is 88.1 cm³/mol. The van der Waals surface area contributed by atoms with Crippen molar-refractivity contribution < 1.29 is 9.53 Å².